The molecule has 0 radical (unpaired) electrons. The molecule has 0 unspecified atom stereocenters. The van der Waals surface area contributed by atoms with E-state index in [0.717, 1.165) is 18.5 Å². The van der Waals surface area contributed by atoms with Gasteiger partial charge in [-0.25, -0.2) is 17.2 Å². The Hall–Kier alpha value is -5.17. The lowest BCUT2D eigenvalue weighted by molar-refractivity contribution is -0.132. The van der Waals surface area contributed by atoms with Gasteiger partial charge in [0.25, 0.3) is 11.8 Å². The van der Waals surface area contributed by atoms with E-state index in [2.05, 4.69) is 5.32 Å². The van der Waals surface area contributed by atoms with Crippen molar-refractivity contribution in [1.29, 1.82) is 0 Å². The zero-order valence-corrected chi connectivity index (χ0v) is 29.8. The molecule has 1 N–H and O–H groups in total. The fraction of sp³-hybridized carbons (Fsp3) is 0.297. The van der Waals surface area contributed by atoms with Gasteiger partial charge >= 0.3 is 0 Å². The van der Waals surface area contributed by atoms with Crippen LogP contribution < -0.4 is 28.9 Å². The number of ether oxygens (including phenoxy) is 2. The zero-order chi connectivity index (χ0) is 36.6. The lowest BCUT2D eigenvalue weighted by Gasteiger charge is -2.39. The molecule has 2 aliphatic rings. The Kier molecular flexibility index (Phi) is 9.84. The molecule has 0 saturated heterocycles. The molecule has 0 bridgehead atoms. The smallest absolute Gasteiger partial charge is 0.275 e. The van der Waals surface area contributed by atoms with Crippen LogP contribution in [0.15, 0.2) is 84.9 Å². The van der Waals surface area contributed by atoms with Gasteiger partial charge in [0, 0.05) is 42.3 Å². The van der Waals surface area contributed by atoms with Crippen LogP contribution in [0.25, 0.3) is 0 Å². The van der Waals surface area contributed by atoms with Gasteiger partial charge in [-0.1, -0.05) is 0 Å². The first-order valence-electron chi connectivity index (χ1n) is 16.0. The Morgan fingerprint density at radius 2 is 1.14 bits per heavy atom. The van der Waals surface area contributed by atoms with Gasteiger partial charge in [0.2, 0.25) is 10.0 Å². The predicted octanol–water partition coefficient (Wildman–Crippen LogP) is 7.54. The summed E-state index contributed by atoms with van der Waals surface area (Å²) in [6, 6.07) is 21.9. The number of carbonyl (C=O) groups is 2. The van der Waals surface area contributed by atoms with E-state index in [4.69, 9.17) is 9.47 Å². The number of anilines is 6. The van der Waals surface area contributed by atoms with E-state index in [0.29, 0.717) is 39.9 Å². The largest absolute Gasteiger partial charge is 0.476 e. The standard InChI is InChI=1S/C19H21FN2O4S.C18H19FN2O2/c1-5-21(27(4,24)25)15-10-11-16-17(12-15)26-19(2,3)18(23)22(16)14-8-6-13(20)7-9-14;1-4-20-13-7-10-15-16(11-13)23-18(2,3)17(22)21(15)14-8-5-12(19)6-9-14/h6-12H,5H2,1-4H3;5-11,20H,4H2,1-3H3. The van der Waals surface area contributed by atoms with Gasteiger partial charge in [0.15, 0.2) is 11.2 Å². The lowest BCUT2D eigenvalue weighted by Crippen LogP contribution is -2.50. The van der Waals surface area contributed by atoms with Crippen molar-refractivity contribution in [2.45, 2.75) is 52.7 Å². The summed E-state index contributed by atoms with van der Waals surface area (Å²) < 4.78 is 63.5. The zero-order valence-electron chi connectivity index (χ0n) is 29.0. The average molecular weight is 707 g/mol. The predicted molar refractivity (Wildman–Crippen MR) is 191 cm³/mol. The summed E-state index contributed by atoms with van der Waals surface area (Å²) in [5.74, 6) is -0.226. The SMILES string of the molecule is CCN(c1ccc2c(c1)OC(C)(C)C(=O)N2c1ccc(F)cc1)S(C)(=O)=O.CCNc1ccc2c(c1)OC(C)(C)C(=O)N2c1ccc(F)cc1. The van der Waals surface area contributed by atoms with Crippen LogP contribution in [-0.4, -0.2) is 50.8 Å². The highest BCUT2D eigenvalue weighted by Gasteiger charge is 2.43. The van der Waals surface area contributed by atoms with Crippen LogP contribution in [0.3, 0.4) is 0 Å². The molecule has 6 rings (SSSR count). The molecule has 0 saturated carbocycles. The van der Waals surface area contributed by atoms with E-state index in [-0.39, 0.29) is 24.2 Å². The van der Waals surface area contributed by atoms with Crippen molar-refractivity contribution in [3.05, 3.63) is 96.6 Å². The van der Waals surface area contributed by atoms with Crippen molar-refractivity contribution in [3.8, 4) is 11.5 Å². The maximum Gasteiger partial charge on any atom is 0.275 e. The molecule has 2 amide bonds. The van der Waals surface area contributed by atoms with Crippen molar-refractivity contribution in [2.75, 3.05) is 38.8 Å². The third kappa shape index (κ3) is 7.23. The van der Waals surface area contributed by atoms with Crippen LogP contribution in [0.4, 0.5) is 42.9 Å². The van der Waals surface area contributed by atoms with E-state index in [1.165, 1.54) is 45.6 Å². The molecule has 0 spiro atoms. The summed E-state index contributed by atoms with van der Waals surface area (Å²) in [6.07, 6.45) is 1.13. The van der Waals surface area contributed by atoms with Crippen LogP contribution in [0.5, 0.6) is 11.5 Å². The van der Waals surface area contributed by atoms with Gasteiger partial charge < -0.3 is 14.8 Å². The quantitative estimate of drug-likeness (QED) is 0.212. The Bertz CT molecular complexity index is 2020. The summed E-state index contributed by atoms with van der Waals surface area (Å²) in [6.45, 7) is 11.5. The van der Waals surface area contributed by atoms with Crippen LogP contribution in [0.1, 0.15) is 41.5 Å². The number of nitrogens with one attached hydrogen (secondary N) is 1. The maximum atomic E-state index is 13.3. The van der Waals surface area contributed by atoms with Gasteiger partial charge in [0.1, 0.15) is 23.1 Å². The molecular formula is C37H40F2N4O6S. The number of rotatable bonds is 7. The summed E-state index contributed by atoms with van der Waals surface area (Å²) in [5, 5.41) is 3.23. The normalized spacial score (nSPS) is 15.9. The van der Waals surface area contributed by atoms with Crippen LogP contribution in [0.2, 0.25) is 0 Å². The highest BCUT2D eigenvalue weighted by molar-refractivity contribution is 7.92. The Labute approximate surface area is 291 Å². The van der Waals surface area contributed by atoms with Gasteiger partial charge in [-0.05, 0) is 114 Å². The number of carbonyl (C=O) groups excluding carboxylic acids is 2. The molecule has 4 aromatic carbocycles. The molecule has 0 aromatic heterocycles. The van der Waals surface area contributed by atoms with Crippen LogP contribution in [-0.2, 0) is 19.6 Å². The van der Waals surface area contributed by atoms with Gasteiger partial charge in [-0.3, -0.25) is 23.7 Å². The number of sulfonamides is 1. The number of benzene rings is 4. The average Bonchev–Trinajstić information content (AvgIpc) is 3.03. The van der Waals surface area contributed by atoms with Gasteiger partial charge in [0.05, 0.1) is 23.3 Å². The number of hydrogen-bond acceptors (Lipinski definition) is 7. The highest BCUT2D eigenvalue weighted by atomic mass is 32.2. The molecule has 0 fully saturated rings. The third-order valence-electron chi connectivity index (χ3n) is 8.08. The van der Waals surface area contributed by atoms with E-state index < -0.39 is 27.0 Å². The van der Waals surface area contributed by atoms with Crippen molar-refractivity contribution in [3.63, 3.8) is 0 Å². The first-order valence-corrected chi connectivity index (χ1v) is 17.9. The first-order chi connectivity index (χ1) is 23.5. The lowest BCUT2D eigenvalue weighted by atomic mass is 10.0. The monoisotopic (exact) mass is 706 g/mol. The molecule has 0 aliphatic carbocycles. The van der Waals surface area contributed by atoms with E-state index in [1.807, 2.05) is 25.1 Å². The number of halogens is 2. The molecular weight excluding hydrogens is 666 g/mol. The highest BCUT2D eigenvalue weighted by Crippen LogP contribution is 2.45. The maximum absolute atomic E-state index is 13.3. The summed E-state index contributed by atoms with van der Waals surface area (Å²) in [5.41, 5.74) is 1.46. The van der Waals surface area contributed by atoms with Crippen molar-refractivity contribution >= 4 is 56.0 Å². The minimum atomic E-state index is -3.45. The summed E-state index contributed by atoms with van der Waals surface area (Å²) in [4.78, 5) is 28.8. The first kappa shape index (κ1) is 36.1. The fourth-order valence-electron chi connectivity index (χ4n) is 5.72. The second-order valence-electron chi connectivity index (χ2n) is 12.8. The second-order valence-corrected chi connectivity index (χ2v) is 14.7. The molecule has 50 heavy (non-hydrogen) atoms. The fourth-order valence-corrected chi connectivity index (χ4v) is 6.68. The second kappa shape index (κ2) is 13.6. The number of amides is 2. The van der Waals surface area contributed by atoms with Crippen molar-refractivity contribution < 1.29 is 36.3 Å². The Morgan fingerprint density at radius 3 is 1.56 bits per heavy atom. The molecule has 2 heterocycles. The number of fused-ring (bicyclic) bond motifs is 2. The molecule has 264 valence electrons. The van der Waals surface area contributed by atoms with E-state index in [1.54, 1.807) is 69.9 Å². The minimum absolute atomic E-state index is 0.187. The third-order valence-corrected chi connectivity index (χ3v) is 9.35. The van der Waals surface area contributed by atoms with Crippen LogP contribution >= 0.6 is 0 Å². The topological polar surface area (TPSA) is 108 Å². The number of hydrogen-bond donors (Lipinski definition) is 1. The van der Waals surface area contributed by atoms with Crippen molar-refractivity contribution in [2.24, 2.45) is 0 Å². The molecule has 10 nitrogen and oxygen atoms in total. The van der Waals surface area contributed by atoms with Crippen molar-refractivity contribution in [1.82, 2.24) is 0 Å². The van der Waals surface area contributed by atoms with Gasteiger partial charge in [-0.15, -0.1) is 0 Å². The Morgan fingerprint density at radius 1 is 0.700 bits per heavy atom. The van der Waals surface area contributed by atoms with Crippen LogP contribution in [0, 0.1) is 11.6 Å². The Balaban J connectivity index is 0.000000197. The van der Waals surface area contributed by atoms with E-state index in [9.17, 15) is 26.8 Å². The molecule has 2 aliphatic heterocycles. The molecule has 13 heteroatoms. The van der Waals surface area contributed by atoms with E-state index >= 15 is 0 Å². The molecule has 4 aromatic rings. The minimum Gasteiger partial charge on any atom is -0.476 e. The number of nitrogens with zero attached hydrogens (tertiary/aromatic N) is 3. The summed E-state index contributed by atoms with van der Waals surface area (Å²) in [7, 11) is -3.45. The van der Waals surface area contributed by atoms with Gasteiger partial charge in [-0.2, -0.15) is 0 Å². The summed E-state index contributed by atoms with van der Waals surface area (Å²) >= 11 is 0. The molecule has 0 atom stereocenters.